The van der Waals surface area contributed by atoms with Crippen molar-refractivity contribution in [2.75, 3.05) is 25.0 Å². The fourth-order valence-corrected chi connectivity index (χ4v) is 3.76. The quantitative estimate of drug-likeness (QED) is 0.714. The van der Waals surface area contributed by atoms with Gasteiger partial charge in [-0.2, -0.15) is 0 Å². The maximum atomic E-state index is 13.0. The molecule has 2 heterocycles. The van der Waals surface area contributed by atoms with E-state index < -0.39 is 11.7 Å². The maximum Gasteiger partial charge on any atom is 0.411 e. The summed E-state index contributed by atoms with van der Waals surface area (Å²) in [6.45, 7) is 9.43. The van der Waals surface area contributed by atoms with E-state index in [-0.39, 0.29) is 36.3 Å². The number of ether oxygens (including phenoxy) is 1. The van der Waals surface area contributed by atoms with Crippen LogP contribution in [0.5, 0.6) is 0 Å². The topological polar surface area (TPSA) is 108 Å². The second-order valence-corrected chi connectivity index (χ2v) is 8.66. The van der Waals surface area contributed by atoms with Crippen molar-refractivity contribution in [1.82, 2.24) is 15.1 Å². The molecule has 2 saturated heterocycles. The Balaban J connectivity index is 1.67. The van der Waals surface area contributed by atoms with Crippen molar-refractivity contribution >= 4 is 29.5 Å². The van der Waals surface area contributed by atoms with Crippen LogP contribution in [0.25, 0.3) is 0 Å². The van der Waals surface area contributed by atoms with Crippen LogP contribution in [0.3, 0.4) is 0 Å². The minimum absolute atomic E-state index is 0.0537. The van der Waals surface area contributed by atoms with Gasteiger partial charge in [-0.1, -0.05) is 6.58 Å². The van der Waals surface area contributed by atoms with Gasteiger partial charge >= 0.3 is 6.09 Å². The SMILES string of the molecule is C=CC(=O)Nc1ccc(C(=O)N2CC[C@H]3[C@@H](C2)NC(=O)CN3C(=O)OC(C)(C)C)cc1. The van der Waals surface area contributed by atoms with Crippen LogP contribution in [0, 0.1) is 0 Å². The van der Waals surface area contributed by atoms with E-state index in [9.17, 15) is 19.2 Å². The molecule has 2 fully saturated rings. The van der Waals surface area contributed by atoms with E-state index in [1.807, 2.05) is 0 Å². The minimum Gasteiger partial charge on any atom is -0.444 e. The van der Waals surface area contributed by atoms with Crippen LogP contribution in [0.4, 0.5) is 10.5 Å². The molecule has 2 atom stereocenters. The van der Waals surface area contributed by atoms with Gasteiger partial charge in [0.15, 0.2) is 0 Å². The number of nitrogens with zero attached hydrogens (tertiary/aromatic N) is 2. The fraction of sp³-hybridized carbons (Fsp3) is 0.455. The molecule has 0 radical (unpaired) electrons. The summed E-state index contributed by atoms with van der Waals surface area (Å²) < 4.78 is 5.46. The van der Waals surface area contributed by atoms with Crippen LogP contribution in [0.1, 0.15) is 37.6 Å². The number of amides is 4. The lowest BCUT2D eigenvalue weighted by atomic mass is 9.94. The maximum absolute atomic E-state index is 13.0. The van der Waals surface area contributed by atoms with Gasteiger partial charge in [-0.25, -0.2) is 4.79 Å². The lowest BCUT2D eigenvalue weighted by Crippen LogP contribution is -2.68. The first kappa shape index (κ1) is 22.3. The monoisotopic (exact) mass is 428 g/mol. The normalized spacial score (nSPS) is 20.9. The van der Waals surface area contributed by atoms with E-state index in [0.717, 1.165) is 0 Å². The summed E-state index contributed by atoms with van der Waals surface area (Å²) in [7, 11) is 0. The molecular weight excluding hydrogens is 400 g/mol. The molecule has 2 aliphatic heterocycles. The Morgan fingerprint density at radius 1 is 1.23 bits per heavy atom. The summed E-state index contributed by atoms with van der Waals surface area (Å²) in [6.07, 6.45) is 1.18. The van der Waals surface area contributed by atoms with Crippen molar-refractivity contribution in [3.63, 3.8) is 0 Å². The molecule has 0 unspecified atom stereocenters. The van der Waals surface area contributed by atoms with Crippen LogP contribution in [-0.2, 0) is 14.3 Å². The highest BCUT2D eigenvalue weighted by Crippen LogP contribution is 2.24. The zero-order chi connectivity index (χ0) is 22.8. The first-order valence-corrected chi connectivity index (χ1v) is 10.2. The molecule has 2 aliphatic rings. The van der Waals surface area contributed by atoms with E-state index in [2.05, 4.69) is 17.2 Å². The van der Waals surface area contributed by atoms with Gasteiger partial charge in [-0.05, 0) is 57.5 Å². The zero-order valence-electron chi connectivity index (χ0n) is 18.0. The van der Waals surface area contributed by atoms with Crippen molar-refractivity contribution in [3.05, 3.63) is 42.5 Å². The molecule has 0 saturated carbocycles. The van der Waals surface area contributed by atoms with Gasteiger partial charge in [-0.15, -0.1) is 0 Å². The predicted octanol–water partition coefficient (Wildman–Crippen LogP) is 1.76. The Morgan fingerprint density at radius 3 is 2.52 bits per heavy atom. The average Bonchev–Trinajstić information content (AvgIpc) is 2.71. The summed E-state index contributed by atoms with van der Waals surface area (Å²) in [5.41, 5.74) is 0.378. The third-order valence-corrected chi connectivity index (χ3v) is 5.14. The van der Waals surface area contributed by atoms with Gasteiger partial charge < -0.3 is 20.3 Å². The fourth-order valence-electron chi connectivity index (χ4n) is 3.76. The molecule has 1 aromatic rings. The van der Waals surface area contributed by atoms with Crippen LogP contribution in [0.2, 0.25) is 0 Å². The molecule has 1 aromatic carbocycles. The molecule has 0 bridgehead atoms. The Labute approximate surface area is 181 Å². The Morgan fingerprint density at radius 2 is 1.90 bits per heavy atom. The average molecular weight is 428 g/mol. The molecular formula is C22H28N4O5. The first-order chi connectivity index (χ1) is 14.6. The molecule has 3 rings (SSSR count). The van der Waals surface area contributed by atoms with Crippen molar-refractivity contribution in [3.8, 4) is 0 Å². The predicted molar refractivity (Wildman–Crippen MR) is 114 cm³/mol. The number of piperidine rings is 1. The smallest absolute Gasteiger partial charge is 0.411 e. The molecule has 31 heavy (non-hydrogen) atoms. The largest absolute Gasteiger partial charge is 0.444 e. The van der Waals surface area contributed by atoms with Crippen LogP contribution < -0.4 is 10.6 Å². The highest BCUT2D eigenvalue weighted by Gasteiger charge is 2.43. The van der Waals surface area contributed by atoms with Crippen molar-refractivity contribution < 1.29 is 23.9 Å². The number of benzene rings is 1. The van der Waals surface area contributed by atoms with Gasteiger partial charge in [0.1, 0.15) is 12.1 Å². The van der Waals surface area contributed by atoms with Gasteiger partial charge in [0.05, 0.1) is 12.1 Å². The first-order valence-electron chi connectivity index (χ1n) is 10.2. The summed E-state index contributed by atoms with van der Waals surface area (Å²) in [5.74, 6) is -0.781. The summed E-state index contributed by atoms with van der Waals surface area (Å²) in [5, 5.41) is 5.53. The van der Waals surface area contributed by atoms with Gasteiger partial charge in [0.25, 0.3) is 5.91 Å². The van der Waals surface area contributed by atoms with Crippen LogP contribution >= 0.6 is 0 Å². The second-order valence-electron chi connectivity index (χ2n) is 8.66. The molecule has 0 aliphatic carbocycles. The highest BCUT2D eigenvalue weighted by atomic mass is 16.6. The second kappa shape index (κ2) is 8.79. The number of hydrogen-bond acceptors (Lipinski definition) is 5. The summed E-state index contributed by atoms with van der Waals surface area (Å²) >= 11 is 0. The molecule has 2 N–H and O–H groups in total. The van der Waals surface area contributed by atoms with E-state index in [0.29, 0.717) is 30.8 Å². The Kier molecular flexibility index (Phi) is 6.33. The number of carbonyl (C=O) groups excluding carboxylic acids is 4. The Bertz CT molecular complexity index is 890. The molecule has 9 nitrogen and oxygen atoms in total. The van der Waals surface area contributed by atoms with Crippen molar-refractivity contribution in [2.45, 2.75) is 44.9 Å². The molecule has 4 amide bonds. The van der Waals surface area contributed by atoms with Crippen LogP contribution in [0.15, 0.2) is 36.9 Å². The number of hydrogen-bond donors (Lipinski definition) is 2. The zero-order valence-corrected chi connectivity index (χ0v) is 18.0. The third kappa shape index (κ3) is 5.42. The lowest BCUT2D eigenvalue weighted by Gasteiger charge is -2.46. The number of carbonyl (C=O) groups is 4. The number of fused-ring (bicyclic) bond motifs is 1. The van der Waals surface area contributed by atoms with E-state index in [1.165, 1.54) is 11.0 Å². The molecule has 9 heteroatoms. The standard InChI is InChI=1S/C22H28N4O5/c1-5-18(27)23-15-8-6-14(7-9-15)20(29)25-11-10-17-16(12-25)24-19(28)13-26(17)21(30)31-22(2,3)4/h5-9,16-17H,1,10-13H2,2-4H3,(H,23,27)(H,24,28)/t16-,17+/m1/s1. The van der Waals surface area contributed by atoms with Gasteiger partial charge in [0, 0.05) is 24.3 Å². The van der Waals surface area contributed by atoms with Crippen molar-refractivity contribution in [2.24, 2.45) is 0 Å². The molecule has 0 aromatic heterocycles. The lowest BCUT2D eigenvalue weighted by molar-refractivity contribution is -0.128. The minimum atomic E-state index is -0.658. The summed E-state index contributed by atoms with van der Waals surface area (Å²) in [4.78, 5) is 52.2. The van der Waals surface area contributed by atoms with Gasteiger partial charge in [0.2, 0.25) is 11.8 Å². The number of likely N-dealkylation sites (tertiary alicyclic amines) is 1. The van der Waals surface area contributed by atoms with E-state index in [4.69, 9.17) is 4.74 Å². The van der Waals surface area contributed by atoms with Crippen LogP contribution in [-0.4, -0.2) is 70.9 Å². The molecule has 166 valence electrons. The van der Waals surface area contributed by atoms with E-state index in [1.54, 1.807) is 49.9 Å². The number of anilines is 1. The number of piperazine rings is 1. The number of nitrogens with one attached hydrogen (secondary N) is 2. The number of rotatable bonds is 3. The highest BCUT2D eigenvalue weighted by molar-refractivity contribution is 5.99. The van der Waals surface area contributed by atoms with Gasteiger partial charge in [-0.3, -0.25) is 19.3 Å². The molecule has 0 spiro atoms. The van der Waals surface area contributed by atoms with Crippen molar-refractivity contribution in [1.29, 1.82) is 0 Å². The summed E-state index contributed by atoms with van der Waals surface area (Å²) in [6, 6.07) is 5.98. The van der Waals surface area contributed by atoms with E-state index >= 15 is 0 Å². The third-order valence-electron chi connectivity index (χ3n) is 5.14. The Hall–Kier alpha value is -3.36.